The van der Waals surface area contributed by atoms with E-state index in [1.807, 2.05) is 0 Å². The minimum absolute atomic E-state index is 0.269. The van der Waals surface area contributed by atoms with Crippen molar-refractivity contribution in [2.24, 2.45) is 5.73 Å². The largest absolute Gasteiger partial charge is 0.627 e. The van der Waals surface area contributed by atoms with Crippen LogP contribution in [0.5, 0.6) is 0 Å². The number of nitrogens with two attached hydrogens (primary N) is 1. The van der Waals surface area contributed by atoms with Gasteiger partial charge in [0.15, 0.2) is 0 Å². The zero-order valence-corrected chi connectivity index (χ0v) is 11.7. The van der Waals surface area contributed by atoms with Crippen molar-refractivity contribution in [2.75, 3.05) is 44.3 Å². The molecular formula is C14H19N3O4. The molecule has 0 aromatic heterocycles. The lowest BCUT2D eigenvalue weighted by atomic mass is 10.2. The monoisotopic (exact) mass is 293 g/mol. The van der Waals surface area contributed by atoms with Gasteiger partial charge in [0, 0.05) is 24.4 Å². The van der Waals surface area contributed by atoms with Gasteiger partial charge in [-0.3, -0.25) is 4.90 Å². The van der Waals surface area contributed by atoms with Crippen molar-refractivity contribution in [1.82, 2.24) is 4.65 Å². The molecule has 1 amide bonds. The molecule has 2 heterocycles. The second kappa shape index (κ2) is 5.61. The molecule has 114 valence electrons. The first-order valence-corrected chi connectivity index (χ1v) is 7.07. The van der Waals surface area contributed by atoms with Crippen LogP contribution in [-0.2, 0) is 9.47 Å². The van der Waals surface area contributed by atoms with E-state index < -0.39 is 6.09 Å². The molecule has 7 nitrogen and oxygen atoms in total. The van der Waals surface area contributed by atoms with Crippen LogP contribution >= 0.6 is 0 Å². The Bertz CT molecular complexity index is 513. The maximum absolute atomic E-state index is 12.7. The van der Waals surface area contributed by atoms with E-state index in [1.165, 1.54) is 4.90 Å². The first-order chi connectivity index (χ1) is 10.1. The summed E-state index contributed by atoms with van der Waals surface area (Å²) in [6.07, 6.45) is -0.662. The van der Waals surface area contributed by atoms with Crippen molar-refractivity contribution in [3.8, 4) is 0 Å². The summed E-state index contributed by atoms with van der Waals surface area (Å²) in [6.45, 7) is 2.53. The average Bonchev–Trinajstić information content (AvgIpc) is 2.89. The molecule has 2 saturated heterocycles. The van der Waals surface area contributed by atoms with Crippen LogP contribution in [0.3, 0.4) is 0 Å². The lowest BCUT2D eigenvalue weighted by Gasteiger charge is -2.44. The van der Waals surface area contributed by atoms with Crippen LogP contribution < -0.4 is 15.3 Å². The number of amides is 1. The number of carbonyl (C=O) groups excluding carboxylic acids is 1. The second-order valence-corrected chi connectivity index (χ2v) is 5.32. The van der Waals surface area contributed by atoms with Gasteiger partial charge in [0.05, 0.1) is 19.8 Å². The predicted molar refractivity (Wildman–Crippen MR) is 78.8 cm³/mol. The van der Waals surface area contributed by atoms with E-state index in [1.54, 1.807) is 24.3 Å². The average molecular weight is 293 g/mol. The number of anilines is 1. The highest BCUT2D eigenvalue weighted by atomic mass is 16.6. The maximum Gasteiger partial charge on any atom is 0.414 e. The van der Waals surface area contributed by atoms with Crippen molar-refractivity contribution in [3.05, 3.63) is 29.5 Å². The molecule has 0 bridgehead atoms. The van der Waals surface area contributed by atoms with E-state index in [9.17, 15) is 10.0 Å². The number of cyclic esters (lactones) is 1. The van der Waals surface area contributed by atoms with Crippen LogP contribution in [0.2, 0.25) is 0 Å². The van der Waals surface area contributed by atoms with Crippen molar-refractivity contribution >= 4 is 17.5 Å². The van der Waals surface area contributed by atoms with Crippen molar-refractivity contribution in [1.29, 1.82) is 0 Å². The van der Waals surface area contributed by atoms with Gasteiger partial charge < -0.3 is 25.1 Å². The van der Waals surface area contributed by atoms with Crippen molar-refractivity contribution < 1.29 is 14.3 Å². The molecule has 0 radical (unpaired) electrons. The van der Waals surface area contributed by atoms with Gasteiger partial charge in [0.25, 0.3) is 0 Å². The number of benzene rings is 1. The van der Waals surface area contributed by atoms with Crippen LogP contribution in [-0.4, -0.2) is 51.6 Å². The summed E-state index contributed by atoms with van der Waals surface area (Å²) in [4.78, 5) is 13.3. The summed E-state index contributed by atoms with van der Waals surface area (Å²) in [6, 6.07) is 7.11. The zero-order chi connectivity index (χ0) is 14.9. The minimum Gasteiger partial charge on any atom is -0.627 e. The van der Waals surface area contributed by atoms with E-state index >= 15 is 0 Å². The number of ether oxygens (including phenoxy) is 2. The molecule has 2 N–H and O–H groups in total. The summed E-state index contributed by atoms with van der Waals surface area (Å²) in [7, 11) is 0. The first kappa shape index (κ1) is 14.3. The molecule has 1 aromatic rings. The summed E-state index contributed by atoms with van der Waals surface area (Å²) >= 11 is 0. The molecule has 0 aliphatic carbocycles. The topological polar surface area (TPSA) is 87.9 Å². The molecule has 21 heavy (non-hydrogen) atoms. The number of morpholine rings is 1. The van der Waals surface area contributed by atoms with Gasteiger partial charge >= 0.3 is 6.09 Å². The van der Waals surface area contributed by atoms with Crippen LogP contribution in [0, 0.1) is 5.21 Å². The molecule has 2 aliphatic rings. The van der Waals surface area contributed by atoms with Gasteiger partial charge in [-0.05, 0) is 12.1 Å². The van der Waals surface area contributed by atoms with Gasteiger partial charge in [-0.1, -0.05) is 0 Å². The molecule has 0 saturated carbocycles. The SMILES string of the molecule is NC[C@H]1CN(c2ccc([N+]3([O-])CCOCC3)cc2)C(=O)O1. The summed E-state index contributed by atoms with van der Waals surface area (Å²) < 4.78 is 9.98. The summed E-state index contributed by atoms with van der Waals surface area (Å²) in [5, 5.41) is 12.7. The quantitative estimate of drug-likeness (QED) is 0.658. The molecular weight excluding hydrogens is 274 g/mol. The van der Waals surface area contributed by atoms with Crippen molar-refractivity contribution in [2.45, 2.75) is 6.10 Å². The number of nitrogens with zero attached hydrogens (tertiary/aromatic N) is 2. The fourth-order valence-corrected chi connectivity index (χ4v) is 2.66. The Morgan fingerprint density at radius 2 is 1.95 bits per heavy atom. The van der Waals surface area contributed by atoms with Gasteiger partial charge in [0.2, 0.25) is 0 Å². The molecule has 7 heteroatoms. The standard InChI is InChI=1S/C14H19N3O4/c15-9-13-10-16(14(18)21-13)11-1-3-12(4-2-11)17(19)5-7-20-8-6-17/h1-4,13H,5-10,15H2/t13-/m0/s1. The van der Waals surface area contributed by atoms with E-state index in [0.717, 1.165) is 5.69 Å². The number of hydrogen-bond acceptors (Lipinski definition) is 5. The van der Waals surface area contributed by atoms with Crippen LogP contribution in [0.1, 0.15) is 0 Å². The van der Waals surface area contributed by atoms with Gasteiger partial charge in [0.1, 0.15) is 24.9 Å². The fraction of sp³-hybridized carbons (Fsp3) is 0.500. The molecule has 0 unspecified atom stereocenters. The van der Waals surface area contributed by atoms with E-state index in [2.05, 4.69) is 0 Å². The molecule has 1 aromatic carbocycles. The fourth-order valence-electron chi connectivity index (χ4n) is 2.66. The molecule has 2 fully saturated rings. The summed E-state index contributed by atoms with van der Waals surface area (Å²) in [5.41, 5.74) is 6.92. The third kappa shape index (κ3) is 2.73. The Morgan fingerprint density at radius 3 is 2.52 bits per heavy atom. The highest BCUT2D eigenvalue weighted by Gasteiger charge is 2.32. The molecule has 0 spiro atoms. The minimum atomic E-state index is -0.393. The lowest BCUT2D eigenvalue weighted by Crippen LogP contribution is -2.51. The Kier molecular flexibility index (Phi) is 3.81. The van der Waals surface area contributed by atoms with E-state index in [4.69, 9.17) is 15.2 Å². The van der Waals surface area contributed by atoms with E-state index in [0.29, 0.717) is 45.1 Å². The molecule has 3 rings (SSSR count). The predicted octanol–water partition coefficient (Wildman–Crippen LogP) is 0.806. The lowest BCUT2D eigenvalue weighted by molar-refractivity contribution is 0.0615. The first-order valence-electron chi connectivity index (χ1n) is 7.07. The Labute approximate surface area is 123 Å². The Hall–Kier alpha value is -1.67. The normalized spacial score (nSPS) is 25.0. The van der Waals surface area contributed by atoms with Crippen LogP contribution in [0.4, 0.5) is 16.2 Å². The molecule has 2 aliphatic heterocycles. The number of quaternary nitrogens is 1. The number of hydrogen-bond donors (Lipinski definition) is 1. The zero-order valence-electron chi connectivity index (χ0n) is 11.7. The second-order valence-electron chi connectivity index (χ2n) is 5.32. The third-order valence-corrected chi connectivity index (χ3v) is 3.96. The van der Waals surface area contributed by atoms with Crippen molar-refractivity contribution in [3.63, 3.8) is 0 Å². The molecule has 1 atom stereocenters. The number of carbonyl (C=O) groups is 1. The Balaban J connectivity index is 1.76. The summed E-state index contributed by atoms with van der Waals surface area (Å²) in [5.74, 6) is 0. The highest BCUT2D eigenvalue weighted by molar-refractivity contribution is 5.89. The van der Waals surface area contributed by atoms with Gasteiger partial charge in [-0.25, -0.2) is 4.79 Å². The van der Waals surface area contributed by atoms with Crippen LogP contribution in [0.15, 0.2) is 24.3 Å². The van der Waals surface area contributed by atoms with E-state index in [-0.39, 0.29) is 10.8 Å². The maximum atomic E-state index is 12.7. The number of hydroxylamine groups is 2. The van der Waals surface area contributed by atoms with Gasteiger partial charge in [-0.2, -0.15) is 0 Å². The van der Waals surface area contributed by atoms with Crippen LogP contribution in [0.25, 0.3) is 0 Å². The number of rotatable bonds is 3. The highest BCUT2D eigenvalue weighted by Crippen LogP contribution is 2.28. The van der Waals surface area contributed by atoms with Gasteiger partial charge in [-0.15, -0.1) is 0 Å². The smallest absolute Gasteiger partial charge is 0.414 e. The Morgan fingerprint density at radius 1 is 1.29 bits per heavy atom. The third-order valence-electron chi connectivity index (χ3n) is 3.96.